The molecule has 0 bridgehead atoms. The minimum atomic E-state index is -0.483. The predicted molar refractivity (Wildman–Crippen MR) is 121 cm³/mol. The summed E-state index contributed by atoms with van der Waals surface area (Å²) in [5, 5.41) is 9.41. The first-order chi connectivity index (χ1) is 15.0. The van der Waals surface area contributed by atoms with Crippen molar-refractivity contribution in [2.45, 2.75) is 31.3 Å². The molecule has 166 valence electrons. The lowest BCUT2D eigenvalue weighted by Crippen LogP contribution is -2.32. The summed E-state index contributed by atoms with van der Waals surface area (Å²) in [6.45, 7) is 2.46. The smallest absolute Gasteiger partial charge is 0.268 e. The molecule has 1 N–H and O–H groups in total. The first-order valence-electron chi connectivity index (χ1n) is 10.8. The van der Waals surface area contributed by atoms with E-state index < -0.39 is 6.10 Å². The van der Waals surface area contributed by atoms with Gasteiger partial charge in [-0.1, -0.05) is 23.7 Å². The summed E-state index contributed by atoms with van der Waals surface area (Å²) >= 11 is 6.40. The Labute approximate surface area is 188 Å². The standard InChI is InChI=1S/C24H29ClN2O4/c1-26(12-14-28)13-15-30-22-9-6-19(16-21(22)25)27-11-10-23(24(27)29)31-20-7-4-18(5-8-20)17-2-3-17/h4-9,16-17,23,28H,2-3,10-15H2,1H3/t23-/m0/s1. The van der Waals surface area contributed by atoms with E-state index in [1.165, 1.54) is 18.4 Å². The van der Waals surface area contributed by atoms with Gasteiger partial charge in [0, 0.05) is 31.7 Å². The Balaban J connectivity index is 1.33. The van der Waals surface area contributed by atoms with Crippen LogP contribution >= 0.6 is 11.6 Å². The van der Waals surface area contributed by atoms with E-state index >= 15 is 0 Å². The van der Waals surface area contributed by atoms with Gasteiger partial charge < -0.3 is 24.4 Å². The first-order valence-corrected chi connectivity index (χ1v) is 11.2. The fourth-order valence-electron chi connectivity index (χ4n) is 3.79. The van der Waals surface area contributed by atoms with Crippen molar-refractivity contribution in [3.05, 3.63) is 53.1 Å². The van der Waals surface area contributed by atoms with E-state index in [1.807, 2.05) is 30.1 Å². The van der Waals surface area contributed by atoms with Gasteiger partial charge in [0.05, 0.1) is 11.6 Å². The lowest BCUT2D eigenvalue weighted by atomic mass is 10.1. The quantitative estimate of drug-likeness (QED) is 0.605. The molecule has 2 aliphatic rings. The Morgan fingerprint density at radius 1 is 1.13 bits per heavy atom. The van der Waals surface area contributed by atoms with Gasteiger partial charge >= 0.3 is 0 Å². The second kappa shape index (κ2) is 9.90. The van der Waals surface area contributed by atoms with Crippen molar-refractivity contribution in [1.29, 1.82) is 0 Å². The Kier molecular flexibility index (Phi) is 7.00. The maximum atomic E-state index is 12.9. The van der Waals surface area contributed by atoms with Crippen LogP contribution in [0.25, 0.3) is 0 Å². The zero-order chi connectivity index (χ0) is 21.8. The summed E-state index contributed by atoms with van der Waals surface area (Å²) in [4.78, 5) is 16.6. The molecule has 31 heavy (non-hydrogen) atoms. The van der Waals surface area contributed by atoms with Gasteiger partial charge in [0.2, 0.25) is 0 Å². The number of benzene rings is 2. The second-order valence-corrected chi connectivity index (χ2v) is 8.63. The van der Waals surface area contributed by atoms with E-state index in [0.717, 1.165) is 11.4 Å². The fourth-order valence-corrected chi connectivity index (χ4v) is 4.02. The van der Waals surface area contributed by atoms with Crippen LogP contribution in [0.4, 0.5) is 5.69 Å². The van der Waals surface area contributed by atoms with E-state index in [0.29, 0.717) is 49.4 Å². The van der Waals surface area contributed by atoms with Crippen molar-refractivity contribution in [1.82, 2.24) is 4.90 Å². The number of ether oxygens (including phenoxy) is 2. The summed E-state index contributed by atoms with van der Waals surface area (Å²) in [5.41, 5.74) is 2.10. The van der Waals surface area contributed by atoms with Crippen molar-refractivity contribution in [3.8, 4) is 11.5 Å². The van der Waals surface area contributed by atoms with Crippen LogP contribution < -0.4 is 14.4 Å². The highest BCUT2D eigenvalue weighted by atomic mass is 35.5. The number of aliphatic hydroxyl groups excluding tert-OH is 1. The Bertz CT molecular complexity index is 901. The van der Waals surface area contributed by atoms with E-state index in [1.54, 1.807) is 17.0 Å². The topological polar surface area (TPSA) is 62.2 Å². The van der Waals surface area contributed by atoms with Gasteiger partial charge in [0.25, 0.3) is 5.91 Å². The number of nitrogens with zero attached hydrogens (tertiary/aromatic N) is 2. The number of aliphatic hydroxyl groups is 1. The number of hydrogen-bond acceptors (Lipinski definition) is 5. The van der Waals surface area contributed by atoms with E-state index in [-0.39, 0.29) is 12.5 Å². The molecule has 1 atom stereocenters. The molecule has 0 aromatic heterocycles. The summed E-state index contributed by atoms with van der Waals surface area (Å²) in [7, 11) is 1.92. The van der Waals surface area contributed by atoms with Gasteiger partial charge in [0.15, 0.2) is 6.10 Å². The molecular weight excluding hydrogens is 416 g/mol. The number of halogens is 1. The minimum Gasteiger partial charge on any atom is -0.491 e. The van der Waals surface area contributed by atoms with Crippen molar-refractivity contribution in [3.63, 3.8) is 0 Å². The SMILES string of the molecule is CN(CCO)CCOc1ccc(N2CC[C@H](Oc3ccc(C4CC4)cc3)C2=O)cc1Cl. The molecule has 0 radical (unpaired) electrons. The second-order valence-electron chi connectivity index (χ2n) is 8.22. The van der Waals surface area contributed by atoms with Crippen LogP contribution in [-0.2, 0) is 4.79 Å². The molecule has 1 saturated carbocycles. The van der Waals surface area contributed by atoms with Crippen LogP contribution in [0.1, 0.15) is 30.7 Å². The van der Waals surface area contributed by atoms with Crippen LogP contribution in [0.15, 0.2) is 42.5 Å². The third-order valence-corrected chi connectivity index (χ3v) is 6.10. The lowest BCUT2D eigenvalue weighted by Gasteiger charge is -2.19. The minimum absolute atomic E-state index is 0.0540. The third kappa shape index (κ3) is 5.50. The Morgan fingerprint density at radius 2 is 1.90 bits per heavy atom. The van der Waals surface area contributed by atoms with Crippen molar-refractivity contribution < 1.29 is 19.4 Å². The number of carbonyl (C=O) groups excluding carboxylic acids is 1. The van der Waals surface area contributed by atoms with Crippen molar-refractivity contribution >= 4 is 23.2 Å². The zero-order valence-electron chi connectivity index (χ0n) is 17.8. The molecule has 1 saturated heterocycles. The molecule has 7 heteroatoms. The molecule has 2 aromatic carbocycles. The zero-order valence-corrected chi connectivity index (χ0v) is 18.6. The number of anilines is 1. The molecule has 1 aliphatic carbocycles. The van der Waals surface area contributed by atoms with Gasteiger partial charge in [-0.05, 0) is 61.7 Å². The highest BCUT2D eigenvalue weighted by molar-refractivity contribution is 6.32. The molecule has 1 amide bonds. The molecule has 6 nitrogen and oxygen atoms in total. The van der Waals surface area contributed by atoms with Crippen LogP contribution in [0.2, 0.25) is 5.02 Å². The molecule has 0 unspecified atom stereocenters. The third-order valence-electron chi connectivity index (χ3n) is 5.80. The molecular formula is C24H29ClN2O4. The van der Waals surface area contributed by atoms with Gasteiger partial charge in [-0.3, -0.25) is 4.79 Å². The van der Waals surface area contributed by atoms with Crippen LogP contribution in [0.5, 0.6) is 11.5 Å². The number of hydrogen-bond donors (Lipinski definition) is 1. The molecule has 1 heterocycles. The lowest BCUT2D eigenvalue weighted by molar-refractivity contribution is -0.122. The van der Waals surface area contributed by atoms with Crippen LogP contribution in [-0.4, -0.2) is 61.9 Å². The molecule has 0 spiro atoms. The Hall–Kier alpha value is -2.28. The summed E-state index contributed by atoms with van der Waals surface area (Å²) in [5.74, 6) is 1.97. The molecule has 2 fully saturated rings. The predicted octanol–water partition coefficient (Wildman–Crippen LogP) is 3.70. The number of carbonyl (C=O) groups is 1. The summed E-state index contributed by atoms with van der Waals surface area (Å²) in [6.07, 6.45) is 2.69. The molecule has 4 rings (SSSR count). The van der Waals surface area contributed by atoms with Crippen molar-refractivity contribution in [2.24, 2.45) is 0 Å². The first kappa shape index (κ1) is 21.9. The normalized spacial score (nSPS) is 18.6. The number of amides is 1. The van der Waals surface area contributed by atoms with Gasteiger partial charge in [-0.25, -0.2) is 0 Å². The highest BCUT2D eigenvalue weighted by Crippen LogP contribution is 2.40. The van der Waals surface area contributed by atoms with Crippen LogP contribution in [0.3, 0.4) is 0 Å². The summed E-state index contributed by atoms with van der Waals surface area (Å²) in [6, 6.07) is 13.5. The van der Waals surface area contributed by atoms with Crippen molar-refractivity contribution in [2.75, 3.05) is 44.8 Å². The van der Waals surface area contributed by atoms with E-state index in [2.05, 4.69) is 12.1 Å². The number of rotatable bonds is 10. The summed E-state index contributed by atoms with van der Waals surface area (Å²) < 4.78 is 11.7. The monoisotopic (exact) mass is 444 g/mol. The Morgan fingerprint density at radius 3 is 2.58 bits per heavy atom. The maximum absolute atomic E-state index is 12.9. The fraction of sp³-hybridized carbons (Fsp3) is 0.458. The molecule has 1 aliphatic heterocycles. The highest BCUT2D eigenvalue weighted by Gasteiger charge is 2.34. The van der Waals surface area contributed by atoms with E-state index in [4.69, 9.17) is 26.2 Å². The van der Waals surface area contributed by atoms with E-state index in [9.17, 15) is 4.79 Å². The molecule has 2 aromatic rings. The average Bonchev–Trinajstić information content (AvgIpc) is 3.55. The number of likely N-dealkylation sites (N-methyl/N-ethyl adjacent to an activating group) is 1. The van der Waals surface area contributed by atoms with Gasteiger partial charge in [-0.15, -0.1) is 0 Å². The van der Waals surface area contributed by atoms with Crippen LogP contribution in [0, 0.1) is 0 Å². The maximum Gasteiger partial charge on any atom is 0.268 e. The average molecular weight is 445 g/mol. The van der Waals surface area contributed by atoms with Gasteiger partial charge in [0.1, 0.15) is 18.1 Å². The largest absolute Gasteiger partial charge is 0.491 e. The van der Waals surface area contributed by atoms with Gasteiger partial charge in [-0.2, -0.15) is 0 Å².